The van der Waals surface area contributed by atoms with Crippen LogP contribution in [-0.2, 0) is 0 Å². The van der Waals surface area contributed by atoms with Crippen LogP contribution < -0.4 is 0 Å². The fourth-order valence-corrected chi connectivity index (χ4v) is 0.277. The number of nitrogens with zero attached hydrogens (tertiary/aromatic N) is 1. The molecule has 0 radical (unpaired) electrons. The molecule has 0 spiro atoms. The Morgan fingerprint density at radius 1 is 1.29 bits per heavy atom. The second-order valence-electron chi connectivity index (χ2n) is 0.959. The third kappa shape index (κ3) is 2.85. The second-order valence-corrected chi connectivity index (χ2v) is 0.959. The quantitative estimate of drug-likeness (QED) is 0.648. The maximum absolute atomic E-state index is 3.66. The molecule has 0 saturated heterocycles. The summed E-state index contributed by atoms with van der Waals surface area (Å²) in [4.78, 5) is 3.66. The smallest absolute Gasteiger partial charge is 0 e. The van der Waals surface area contributed by atoms with E-state index in [1.165, 1.54) is 0 Å². The predicted octanol–water partition coefficient (Wildman–Crippen LogP) is 0.882. The average molecular weight is 316 g/mol. The Morgan fingerprint density at radius 2 is 2.14 bits per heavy atom. The van der Waals surface area contributed by atoms with Gasteiger partial charge in [-0.1, -0.05) is 12.4 Å². The molecule has 0 aromatic carbocycles. The fourth-order valence-electron chi connectivity index (χ4n) is 0.277. The first-order valence-corrected chi connectivity index (χ1v) is 1.77. The van der Waals surface area contributed by atoms with Crippen LogP contribution in [0.15, 0.2) is 24.4 Å². The van der Waals surface area contributed by atoms with E-state index >= 15 is 0 Å². The normalized spacial score (nSPS) is 6.86. The van der Waals surface area contributed by atoms with Crippen LogP contribution in [0, 0.1) is 37.3 Å². The van der Waals surface area contributed by atoms with Crippen molar-refractivity contribution in [3.8, 4) is 0 Å². The molecule has 1 heterocycles. The molecule has 1 rings (SSSR count). The van der Waals surface area contributed by atoms with E-state index < -0.39 is 0 Å². The van der Waals surface area contributed by atoms with Crippen LogP contribution in [-0.4, -0.2) is 4.98 Å². The summed E-state index contributed by atoms with van der Waals surface area (Å²) in [5, 5.41) is 0. The molecule has 0 fully saturated rings. The van der Waals surface area contributed by atoms with E-state index in [0.29, 0.717) is 0 Å². The van der Waals surface area contributed by atoms with Gasteiger partial charge in [-0.25, -0.2) is 0 Å². The molecule has 0 aliphatic rings. The Hall–Kier alpha value is 0.202. The zero-order valence-corrected chi connectivity index (χ0v) is 7.92. The summed E-state index contributed by atoms with van der Waals surface area (Å²) < 4.78 is 0. The minimum absolute atomic E-state index is 0. The Balaban J connectivity index is 0.000000360. The molecule has 0 N–H and O–H groups in total. The van der Waals surface area contributed by atoms with Crippen molar-refractivity contribution < 1.29 is 31.1 Å². The van der Waals surface area contributed by atoms with Crippen LogP contribution in [0.3, 0.4) is 0 Å². The van der Waals surface area contributed by atoms with Gasteiger partial charge in [-0.05, 0) is 0 Å². The van der Waals surface area contributed by atoms with Gasteiger partial charge in [-0.3, -0.25) is 0 Å². The minimum Gasteiger partial charge on any atom is -0.394 e. The molecular formula is C5H4NU-. The topological polar surface area (TPSA) is 12.9 Å². The van der Waals surface area contributed by atoms with Crippen LogP contribution in [0.2, 0.25) is 0 Å². The molecule has 0 unspecified atom stereocenters. The van der Waals surface area contributed by atoms with Crippen molar-refractivity contribution in [2.24, 2.45) is 0 Å². The van der Waals surface area contributed by atoms with E-state index in [-0.39, 0.29) is 31.1 Å². The van der Waals surface area contributed by atoms with Gasteiger partial charge in [0.05, 0.1) is 0 Å². The molecule has 34 valence electrons. The van der Waals surface area contributed by atoms with Crippen LogP contribution in [0.5, 0.6) is 0 Å². The van der Waals surface area contributed by atoms with Crippen molar-refractivity contribution in [3.05, 3.63) is 30.6 Å². The standard InChI is InChI=1S/C5H4N.U/c1-2-4-6-5-3-1;/h1-4H;/q-1;. The van der Waals surface area contributed by atoms with Gasteiger partial charge >= 0.3 is 0 Å². The molecule has 0 aliphatic carbocycles. The molecule has 1 aromatic rings. The number of hydrogen-bond acceptors (Lipinski definition) is 1. The summed E-state index contributed by atoms with van der Waals surface area (Å²) in [6.45, 7) is 0. The van der Waals surface area contributed by atoms with E-state index in [1.54, 1.807) is 12.3 Å². The maximum atomic E-state index is 3.66. The molecule has 1 nitrogen and oxygen atoms in total. The number of hydrogen-bond donors (Lipinski definition) is 0. The Bertz CT molecular complexity index is 80.0. The molecular weight excluding hydrogens is 312 g/mol. The van der Waals surface area contributed by atoms with Crippen LogP contribution >= 0.6 is 0 Å². The van der Waals surface area contributed by atoms with Crippen LogP contribution in [0.4, 0.5) is 0 Å². The summed E-state index contributed by atoms with van der Waals surface area (Å²) in [7, 11) is 0. The minimum atomic E-state index is 0. The van der Waals surface area contributed by atoms with Gasteiger partial charge in [0.25, 0.3) is 0 Å². The summed E-state index contributed by atoms with van der Waals surface area (Å²) >= 11 is 0. The molecule has 0 aliphatic heterocycles. The van der Waals surface area contributed by atoms with Crippen molar-refractivity contribution in [3.63, 3.8) is 0 Å². The van der Waals surface area contributed by atoms with Gasteiger partial charge in [-0.2, -0.15) is 18.2 Å². The predicted molar refractivity (Wildman–Crippen MR) is 23.1 cm³/mol. The number of aromatic nitrogens is 1. The number of pyridine rings is 1. The molecule has 7 heavy (non-hydrogen) atoms. The molecule has 1 aromatic heterocycles. The Labute approximate surface area is 66.5 Å². The summed E-state index contributed by atoms with van der Waals surface area (Å²) in [6.07, 6.45) is 4.34. The maximum Gasteiger partial charge on any atom is 0 e. The van der Waals surface area contributed by atoms with Crippen LogP contribution in [0.1, 0.15) is 0 Å². The Morgan fingerprint density at radius 3 is 2.29 bits per heavy atom. The van der Waals surface area contributed by atoms with Crippen molar-refractivity contribution >= 4 is 0 Å². The van der Waals surface area contributed by atoms with Gasteiger partial charge < -0.3 is 4.98 Å². The largest absolute Gasteiger partial charge is 0.394 e. The van der Waals surface area contributed by atoms with Gasteiger partial charge in [0.2, 0.25) is 0 Å². The summed E-state index contributed by atoms with van der Waals surface area (Å²) in [5.41, 5.74) is 0. The van der Waals surface area contributed by atoms with Gasteiger partial charge in [0.15, 0.2) is 0 Å². The zero-order chi connectivity index (χ0) is 4.24. The molecule has 0 bridgehead atoms. The number of rotatable bonds is 0. The first-order valence-electron chi connectivity index (χ1n) is 1.77. The van der Waals surface area contributed by atoms with Gasteiger partial charge in [-0.15, -0.1) is 0 Å². The monoisotopic (exact) mass is 316 g/mol. The third-order valence-corrected chi connectivity index (χ3v) is 0.517. The van der Waals surface area contributed by atoms with Crippen LogP contribution in [0.25, 0.3) is 0 Å². The summed E-state index contributed by atoms with van der Waals surface area (Å²) in [6, 6.07) is 5.50. The van der Waals surface area contributed by atoms with Gasteiger partial charge in [0.1, 0.15) is 0 Å². The van der Waals surface area contributed by atoms with E-state index in [2.05, 4.69) is 11.2 Å². The van der Waals surface area contributed by atoms with Crippen molar-refractivity contribution in [2.45, 2.75) is 0 Å². The van der Waals surface area contributed by atoms with Crippen molar-refractivity contribution in [1.29, 1.82) is 0 Å². The molecule has 0 atom stereocenters. The van der Waals surface area contributed by atoms with E-state index in [0.717, 1.165) is 0 Å². The van der Waals surface area contributed by atoms with E-state index in [4.69, 9.17) is 0 Å². The van der Waals surface area contributed by atoms with Gasteiger partial charge in [0, 0.05) is 31.1 Å². The molecule has 2 heteroatoms. The second kappa shape index (κ2) is 4.36. The van der Waals surface area contributed by atoms with E-state index in [1.807, 2.05) is 12.1 Å². The summed E-state index contributed by atoms with van der Waals surface area (Å²) in [5.74, 6) is 0. The third-order valence-electron chi connectivity index (χ3n) is 0.517. The average Bonchev–Trinajstić information content (AvgIpc) is 1.72. The van der Waals surface area contributed by atoms with Crippen molar-refractivity contribution in [2.75, 3.05) is 0 Å². The fraction of sp³-hybridized carbons (Fsp3) is 0. The van der Waals surface area contributed by atoms with Crippen molar-refractivity contribution in [1.82, 2.24) is 4.98 Å². The SMILES string of the molecule is [U].[c-]1ccccn1. The first-order chi connectivity index (χ1) is 3.00. The zero-order valence-electron chi connectivity index (χ0n) is 3.76. The molecule has 0 amide bonds. The molecule has 0 saturated carbocycles. The van der Waals surface area contributed by atoms with E-state index in [9.17, 15) is 0 Å². The Kier molecular flexibility index (Phi) is 4.49. The first kappa shape index (κ1) is 7.20.